The third-order valence-electron chi connectivity index (χ3n) is 3.50. The predicted molar refractivity (Wildman–Crippen MR) is 84.6 cm³/mol. The molecule has 0 unspecified atom stereocenters. The van der Waals surface area contributed by atoms with Crippen molar-refractivity contribution in [3.63, 3.8) is 0 Å². The van der Waals surface area contributed by atoms with E-state index in [0.717, 1.165) is 5.56 Å². The second-order valence-electron chi connectivity index (χ2n) is 5.05. The summed E-state index contributed by atoms with van der Waals surface area (Å²) < 4.78 is 16.7. The van der Waals surface area contributed by atoms with Crippen LogP contribution in [0.2, 0.25) is 5.02 Å². The summed E-state index contributed by atoms with van der Waals surface area (Å²) in [5, 5.41) is 11.4. The molecule has 0 fully saturated rings. The molecule has 0 bridgehead atoms. The molecule has 6 nitrogen and oxygen atoms in total. The third-order valence-corrected chi connectivity index (χ3v) is 3.78. The van der Waals surface area contributed by atoms with Gasteiger partial charge in [0.2, 0.25) is 0 Å². The summed E-state index contributed by atoms with van der Waals surface area (Å²) in [6.45, 7) is 2.82. The molecule has 2 aromatic rings. The van der Waals surface area contributed by atoms with Crippen molar-refractivity contribution in [2.45, 2.75) is 13.5 Å². The molecule has 23 heavy (non-hydrogen) atoms. The number of nitro groups is 1. The van der Waals surface area contributed by atoms with Crippen LogP contribution in [-0.2, 0) is 6.61 Å². The van der Waals surface area contributed by atoms with Crippen LogP contribution in [0.1, 0.15) is 11.1 Å². The second-order valence-corrected chi connectivity index (χ2v) is 5.46. The Labute approximate surface area is 137 Å². The number of ether oxygens (including phenoxy) is 3. The molecule has 120 valence electrons. The fourth-order valence-corrected chi connectivity index (χ4v) is 2.65. The van der Waals surface area contributed by atoms with Crippen LogP contribution >= 0.6 is 11.6 Å². The van der Waals surface area contributed by atoms with Crippen molar-refractivity contribution in [3.8, 4) is 17.2 Å². The maximum atomic E-state index is 11.0. The van der Waals surface area contributed by atoms with Crippen molar-refractivity contribution in [3.05, 3.63) is 56.6 Å². The molecule has 0 saturated heterocycles. The van der Waals surface area contributed by atoms with E-state index in [4.69, 9.17) is 25.8 Å². The lowest BCUT2D eigenvalue weighted by molar-refractivity contribution is -0.385. The van der Waals surface area contributed by atoms with Crippen molar-refractivity contribution in [1.82, 2.24) is 0 Å². The van der Waals surface area contributed by atoms with Crippen molar-refractivity contribution in [1.29, 1.82) is 0 Å². The van der Waals surface area contributed by atoms with Gasteiger partial charge in [-0.25, -0.2) is 0 Å². The molecule has 0 spiro atoms. The van der Waals surface area contributed by atoms with E-state index in [-0.39, 0.29) is 12.3 Å². The quantitative estimate of drug-likeness (QED) is 0.626. The lowest BCUT2D eigenvalue weighted by Gasteiger charge is -2.20. The van der Waals surface area contributed by atoms with Crippen LogP contribution < -0.4 is 14.2 Å². The van der Waals surface area contributed by atoms with Crippen LogP contribution in [0.25, 0.3) is 0 Å². The van der Waals surface area contributed by atoms with E-state index in [1.807, 2.05) is 0 Å². The van der Waals surface area contributed by atoms with E-state index < -0.39 is 4.92 Å². The number of nitrogens with zero attached hydrogens (tertiary/aromatic N) is 1. The summed E-state index contributed by atoms with van der Waals surface area (Å²) in [6, 6.07) is 8.27. The van der Waals surface area contributed by atoms with Gasteiger partial charge in [-0.2, -0.15) is 0 Å². The zero-order chi connectivity index (χ0) is 16.4. The van der Waals surface area contributed by atoms with Gasteiger partial charge in [0.1, 0.15) is 25.6 Å². The van der Waals surface area contributed by atoms with E-state index >= 15 is 0 Å². The Hall–Kier alpha value is -2.47. The highest BCUT2D eigenvalue weighted by Crippen LogP contribution is 2.38. The number of rotatable bonds is 4. The average molecular weight is 336 g/mol. The summed E-state index contributed by atoms with van der Waals surface area (Å²) >= 11 is 6.18. The van der Waals surface area contributed by atoms with Crippen molar-refractivity contribution in [2.24, 2.45) is 0 Å². The molecular formula is C16H14ClNO5. The van der Waals surface area contributed by atoms with Gasteiger partial charge in [-0.15, -0.1) is 0 Å². The fraction of sp³-hybridized carbons (Fsp3) is 0.250. The molecule has 0 N–H and O–H groups in total. The van der Waals surface area contributed by atoms with E-state index in [9.17, 15) is 10.1 Å². The topological polar surface area (TPSA) is 70.8 Å². The van der Waals surface area contributed by atoms with Gasteiger partial charge in [0.25, 0.3) is 5.69 Å². The van der Waals surface area contributed by atoms with Crippen LogP contribution in [0.5, 0.6) is 17.2 Å². The maximum absolute atomic E-state index is 11.0. The number of benzene rings is 2. The molecule has 0 amide bonds. The number of fused-ring (bicyclic) bond motifs is 1. The molecule has 2 aromatic carbocycles. The van der Waals surface area contributed by atoms with Gasteiger partial charge in [-0.05, 0) is 30.7 Å². The number of halogens is 1. The third kappa shape index (κ3) is 3.17. The van der Waals surface area contributed by atoms with Crippen LogP contribution in [0.15, 0.2) is 30.3 Å². The van der Waals surface area contributed by atoms with E-state index in [1.165, 1.54) is 6.07 Å². The van der Waals surface area contributed by atoms with Crippen molar-refractivity contribution < 1.29 is 19.1 Å². The Morgan fingerprint density at radius 1 is 1.30 bits per heavy atom. The van der Waals surface area contributed by atoms with Crippen LogP contribution in [0, 0.1) is 17.0 Å². The van der Waals surface area contributed by atoms with Gasteiger partial charge >= 0.3 is 0 Å². The summed E-state index contributed by atoms with van der Waals surface area (Å²) in [5.41, 5.74) is 1.31. The summed E-state index contributed by atoms with van der Waals surface area (Å²) in [6.07, 6.45) is 0. The van der Waals surface area contributed by atoms with Crippen LogP contribution in [0.3, 0.4) is 0 Å². The minimum Gasteiger partial charge on any atom is -0.488 e. The smallest absolute Gasteiger partial charge is 0.276 e. The second kappa shape index (κ2) is 6.34. The number of hydrogen-bond donors (Lipinski definition) is 0. The van der Waals surface area contributed by atoms with E-state index in [1.54, 1.807) is 31.2 Å². The number of hydrogen-bond acceptors (Lipinski definition) is 5. The highest BCUT2D eigenvalue weighted by atomic mass is 35.5. The molecule has 0 atom stereocenters. The van der Waals surface area contributed by atoms with Gasteiger partial charge in [0, 0.05) is 6.07 Å². The van der Waals surface area contributed by atoms with Gasteiger partial charge in [0.05, 0.1) is 15.5 Å². The lowest BCUT2D eigenvalue weighted by atomic mass is 10.1. The first-order chi connectivity index (χ1) is 11.1. The Bertz CT molecular complexity index is 762. The Balaban J connectivity index is 1.80. The van der Waals surface area contributed by atoms with Gasteiger partial charge < -0.3 is 14.2 Å². The molecule has 3 rings (SSSR count). The highest BCUT2D eigenvalue weighted by Gasteiger charge is 2.18. The molecule has 0 aromatic heterocycles. The number of nitro benzene ring substituents is 1. The molecule has 0 saturated carbocycles. The molecular weight excluding hydrogens is 322 g/mol. The molecule has 1 aliphatic heterocycles. The molecule has 0 radical (unpaired) electrons. The normalized spacial score (nSPS) is 12.8. The first-order valence-corrected chi connectivity index (χ1v) is 7.39. The van der Waals surface area contributed by atoms with Crippen molar-refractivity contribution in [2.75, 3.05) is 13.2 Å². The van der Waals surface area contributed by atoms with E-state index in [0.29, 0.717) is 41.0 Å². The first kappa shape index (κ1) is 15.4. The maximum Gasteiger partial charge on any atom is 0.276 e. The molecule has 1 heterocycles. The van der Waals surface area contributed by atoms with Gasteiger partial charge in [0.15, 0.2) is 11.5 Å². The standard InChI is InChI=1S/C16H14ClNO5/c1-10-13(18(19)20)3-2-4-14(10)23-9-11-7-12(17)16-15(8-11)21-5-6-22-16/h2-4,7-8H,5-6,9H2,1H3. The highest BCUT2D eigenvalue weighted by molar-refractivity contribution is 6.32. The minimum absolute atomic E-state index is 0.0303. The Kier molecular flexibility index (Phi) is 4.25. The summed E-state index contributed by atoms with van der Waals surface area (Å²) in [4.78, 5) is 10.5. The Morgan fingerprint density at radius 2 is 2.09 bits per heavy atom. The average Bonchev–Trinajstić information content (AvgIpc) is 2.53. The minimum atomic E-state index is -0.427. The largest absolute Gasteiger partial charge is 0.488 e. The predicted octanol–water partition coefficient (Wildman–Crippen LogP) is 3.91. The van der Waals surface area contributed by atoms with Gasteiger partial charge in [-0.3, -0.25) is 10.1 Å². The SMILES string of the molecule is Cc1c(OCc2cc(Cl)c3c(c2)OCCO3)cccc1[N+](=O)[O-]. The van der Waals surface area contributed by atoms with Gasteiger partial charge in [-0.1, -0.05) is 17.7 Å². The monoisotopic (exact) mass is 335 g/mol. The fourth-order valence-electron chi connectivity index (χ4n) is 2.37. The molecule has 0 aliphatic carbocycles. The summed E-state index contributed by atoms with van der Waals surface area (Å²) in [5.74, 6) is 1.58. The zero-order valence-corrected chi connectivity index (χ0v) is 13.1. The van der Waals surface area contributed by atoms with Crippen LogP contribution in [0.4, 0.5) is 5.69 Å². The van der Waals surface area contributed by atoms with Crippen LogP contribution in [-0.4, -0.2) is 18.1 Å². The van der Waals surface area contributed by atoms with Crippen molar-refractivity contribution >= 4 is 17.3 Å². The van der Waals surface area contributed by atoms with E-state index in [2.05, 4.69) is 0 Å². The first-order valence-electron chi connectivity index (χ1n) is 7.01. The summed E-state index contributed by atoms with van der Waals surface area (Å²) in [7, 11) is 0. The molecule has 7 heteroatoms. The Morgan fingerprint density at radius 3 is 2.87 bits per heavy atom. The lowest BCUT2D eigenvalue weighted by Crippen LogP contribution is -2.16. The molecule has 1 aliphatic rings. The zero-order valence-electron chi connectivity index (χ0n) is 12.4.